The number of thiocarbonyl (C=S) groups is 1. The molecule has 0 unspecified atom stereocenters. The lowest BCUT2D eigenvalue weighted by Gasteiger charge is -2.35. The summed E-state index contributed by atoms with van der Waals surface area (Å²) in [6.45, 7) is 3.19. The van der Waals surface area contributed by atoms with E-state index >= 15 is 0 Å². The molecule has 1 saturated heterocycles. The Kier molecular flexibility index (Phi) is 6.05. The predicted molar refractivity (Wildman–Crippen MR) is 98.5 cm³/mol. The Morgan fingerprint density at radius 3 is 2.33 bits per heavy atom. The number of rotatable bonds is 5. The van der Waals surface area contributed by atoms with E-state index in [9.17, 15) is 18.0 Å². The number of amides is 1. The highest BCUT2D eigenvalue weighted by Gasteiger charge is 2.31. The van der Waals surface area contributed by atoms with Crippen molar-refractivity contribution in [1.29, 1.82) is 0 Å². The lowest BCUT2D eigenvalue weighted by Crippen LogP contribution is -2.52. The highest BCUT2D eigenvalue weighted by atomic mass is 32.1. The average Bonchev–Trinajstić information content (AvgIpc) is 3.40. The Balaban J connectivity index is 1.41. The monoisotopic (exact) mass is 402 g/mol. The fourth-order valence-corrected chi connectivity index (χ4v) is 3.06. The van der Waals surface area contributed by atoms with Gasteiger partial charge in [-0.05, 0) is 49.3 Å². The maximum absolute atomic E-state index is 12.2. The fourth-order valence-electron chi connectivity index (χ4n) is 2.76. The predicted octanol–water partition coefficient (Wildman–Crippen LogP) is 2.18. The third-order valence-electron chi connectivity index (χ3n) is 4.31. The third kappa shape index (κ3) is 6.55. The fraction of sp³-hybridized carbons (Fsp3) is 0.529. The van der Waals surface area contributed by atoms with Crippen LogP contribution in [-0.4, -0.2) is 65.9 Å². The van der Waals surface area contributed by atoms with E-state index in [1.54, 1.807) is 0 Å². The van der Waals surface area contributed by atoms with Crippen molar-refractivity contribution in [1.82, 2.24) is 15.1 Å². The molecule has 1 amide bonds. The molecule has 2 fully saturated rings. The minimum atomic E-state index is -4.71. The maximum Gasteiger partial charge on any atom is 0.573 e. The number of carbonyl (C=O) groups excluding carboxylic acids is 1. The summed E-state index contributed by atoms with van der Waals surface area (Å²) < 4.78 is 40.4. The van der Waals surface area contributed by atoms with Crippen molar-refractivity contribution in [2.75, 3.05) is 38.0 Å². The van der Waals surface area contributed by atoms with Gasteiger partial charge in [-0.3, -0.25) is 9.69 Å². The Bertz CT molecular complexity index is 672. The molecule has 148 valence electrons. The van der Waals surface area contributed by atoms with Crippen molar-refractivity contribution in [3.63, 3.8) is 0 Å². The Morgan fingerprint density at radius 2 is 1.78 bits per heavy atom. The molecule has 2 N–H and O–H groups in total. The number of anilines is 1. The minimum Gasteiger partial charge on any atom is -0.406 e. The van der Waals surface area contributed by atoms with Crippen molar-refractivity contribution >= 4 is 28.9 Å². The molecule has 0 atom stereocenters. The van der Waals surface area contributed by atoms with Gasteiger partial charge in [0, 0.05) is 37.9 Å². The van der Waals surface area contributed by atoms with Crippen molar-refractivity contribution in [2.24, 2.45) is 0 Å². The molecule has 1 heterocycles. The topological polar surface area (TPSA) is 56.8 Å². The van der Waals surface area contributed by atoms with Crippen LogP contribution in [-0.2, 0) is 4.79 Å². The van der Waals surface area contributed by atoms with Crippen LogP contribution >= 0.6 is 12.2 Å². The Hall–Kier alpha value is -2.07. The number of halogens is 3. The van der Waals surface area contributed by atoms with Crippen LogP contribution < -0.4 is 15.4 Å². The number of hydrogen-bond acceptors (Lipinski definition) is 4. The second-order valence-corrected chi connectivity index (χ2v) is 6.99. The zero-order valence-corrected chi connectivity index (χ0v) is 15.4. The van der Waals surface area contributed by atoms with Crippen molar-refractivity contribution in [3.05, 3.63) is 24.3 Å². The van der Waals surface area contributed by atoms with Crippen LogP contribution in [0, 0.1) is 0 Å². The molecule has 27 heavy (non-hydrogen) atoms. The molecule has 0 aromatic heterocycles. The molecule has 0 spiro atoms. The number of carbonyl (C=O) groups is 1. The van der Waals surface area contributed by atoms with E-state index in [0.717, 1.165) is 25.9 Å². The summed E-state index contributed by atoms with van der Waals surface area (Å²) in [5, 5.41) is 6.49. The largest absolute Gasteiger partial charge is 0.573 e. The highest BCUT2D eigenvalue weighted by Crippen LogP contribution is 2.24. The number of ether oxygens (including phenoxy) is 1. The molecule has 1 aromatic rings. The molecular formula is C17H21F3N4O2S. The second kappa shape index (κ2) is 8.30. The third-order valence-corrected chi connectivity index (χ3v) is 4.67. The second-order valence-electron chi connectivity index (χ2n) is 6.61. The molecule has 1 aliphatic carbocycles. The molecular weight excluding hydrogens is 381 g/mol. The van der Waals surface area contributed by atoms with E-state index in [1.165, 1.54) is 24.3 Å². The number of nitrogens with one attached hydrogen (secondary N) is 2. The van der Waals surface area contributed by atoms with E-state index in [1.807, 2.05) is 4.90 Å². The van der Waals surface area contributed by atoms with Gasteiger partial charge in [-0.15, -0.1) is 13.2 Å². The molecule has 0 radical (unpaired) electrons. The van der Waals surface area contributed by atoms with E-state index in [4.69, 9.17) is 12.2 Å². The van der Waals surface area contributed by atoms with E-state index in [0.29, 0.717) is 36.5 Å². The number of nitrogens with zero attached hydrogens (tertiary/aromatic N) is 2. The molecule has 1 aliphatic heterocycles. The van der Waals surface area contributed by atoms with Crippen LogP contribution in [0.25, 0.3) is 0 Å². The van der Waals surface area contributed by atoms with Gasteiger partial charge >= 0.3 is 6.36 Å². The van der Waals surface area contributed by atoms with Gasteiger partial charge in [-0.1, -0.05) is 0 Å². The molecule has 6 nitrogen and oxygen atoms in total. The molecule has 0 bridgehead atoms. The Morgan fingerprint density at radius 1 is 1.15 bits per heavy atom. The van der Waals surface area contributed by atoms with Crippen LogP contribution in [0.5, 0.6) is 5.75 Å². The zero-order chi connectivity index (χ0) is 19.4. The first-order chi connectivity index (χ1) is 12.8. The molecule has 1 saturated carbocycles. The molecule has 10 heteroatoms. The van der Waals surface area contributed by atoms with E-state index in [-0.39, 0.29) is 11.7 Å². The Labute approximate surface area is 160 Å². The number of hydrogen-bond donors (Lipinski definition) is 2. The average molecular weight is 402 g/mol. The van der Waals surface area contributed by atoms with Gasteiger partial charge < -0.3 is 20.3 Å². The van der Waals surface area contributed by atoms with Gasteiger partial charge in [-0.25, -0.2) is 0 Å². The van der Waals surface area contributed by atoms with Crippen molar-refractivity contribution in [2.45, 2.75) is 25.2 Å². The van der Waals surface area contributed by atoms with Crippen LogP contribution in [0.1, 0.15) is 12.8 Å². The van der Waals surface area contributed by atoms with Crippen molar-refractivity contribution in [3.8, 4) is 5.75 Å². The number of piperazine rings is 1. The van der Waals surface area contributed by atoms with Gasteiger partial charge in [0.15, 0.2) is 5.11 Å². The quantitative estimate of drug-likeness (QED) is 0.737. The first-order valence-electron chi connectivity index (χ1n) is 8.72. The van der Waals surface area contributed by atoms with E-state index in [2.05, 4.69) is 20.3 Å². The van der Waals surface area contributed by atoms with Crippen molar-refractivity contribution < 1.29 is 22.7 Å². The van der Waals surface area contributed by atoms with Gasteiger partial charge in [-0.2, -0.15) is 0 Å². The number of alkyl halides is 3. The summed E-state index contributed by atoms with van der Waals surface area (Å²) in [5.74, 6) is -0.218. The lowest BCUT2D eigenvalue weighted by molar-refractivity contribution is -0.274. The minimum absolute atomic E-state index is 0.0628. The van der Waals surface area contributed by atoms with Crippen LogP contribution in [0.2, 0.25) is 0 Å². The van der Waals surface area contributed by atoms with Gasteiger partial charge in [0.25, 0.3) is 0 Å². The van der Waals surface area contributed by atoms with Gasteiger partial charge in [0.1, 0.15) is 5.75 Å². The van der Waals surface area contributed by atoms with Gasteiger partial charge in [0.2, 0.25) is 5.91 Å². The highest BCUT2D eigenvalue weighted by molar-refractivity contribution is 7.80. The maximum atomic E-state index is 12.2. The SMILES string of the molecule is O=C(CN1CCN(C(=S)Nc2ccc(OC(F)(F)F)cc2)CC1)NC1CC1. The van der Waals surface area contributed by atoms with Crippen LogP contribution in [0.3, 0.4) is 0 Å². The molecule has 2 aliphatic rings. The number of benzene rings is 1. The van der Waals surface area contributed by atoms with Crippen LogP contribution in [0.4, 0.5) is 18.9 Å². The summed E-state index contributed by atoms with van der Waals surface area (Å²) in [7, 11) is 0. The summed E-state index contributed by atoms with van der Waals surface area (Å²) in [5.41, 5.74) is 0.584. The first kappa shape index (κ1) is 19.7. The lowest BCUT2D eigenvalue weighted by atomic mass is 10.3. The summed E-state index contributed by atoms with van der Waals surface area (Å²) in [6, 6.07) is 5.78. The summed E-state index contributed by atoms with van der Waals surface area (Å²) >= 11 is 5.37. The zero-order valence-electron chi connectivity index (χ0n) is 14.6. The van der Waals surface area contributed by atoms with Gasteiger partial charge in [0.05, 0.1) is 6.54 Å². The normalized spacial score (nSPS) is 18.1. The molecule has 1 aromatic carbocycles. The first-order valence-corrected chi connectivity index (χ1v) is 9.13. The standard InChI is InChI=1S/C17H21F3N4O2S/c18-17(19,20)26-14-5-3-13(4-6-14)22-16(27)24-9-7-23(8-10-24)11-15(25)21-12-1-2-12/h3-6,12H,1-2,7-11H2,(H,21,25)(H,22,27). The van der Waals surface area contributed by atoms with Crippen LogP contribution in [0.15, 0.2) is 24.3 Å². The summed E-state index contributed by atoms with van der Waals surface area (Å²) in [6.07, 6.45) is -2.56. The van der Waals surface area contributed by atoms with E-state index < -0.39 is 6.36 Å². The smallest absolute Gasteiger partial charge is 0.406 e. The summed E-state index contributed by atoms with van der Waals surface area (Å²) in [4.78, 5) is 15.9. The molecule has 3 rings (SSSR count).